The fourth-order valence-electron chi connectivity index (χ4n) is 7.33. The zero-order chi connectivity index (χ0) is 25.0. The molecular formula is C37H30. The van der Waals surface area contributed by atoms with Crippen molar-refractivity contribution in [1.29, 1.82) is 0 Å². The molecule has 7 rings (SSSR count). The topological polar surface area (TPSA) is 0 Å². The molecule has 178 valence electrons. The maximum Gasteiger partial charge on any atom is 0.0418 e. The molecule has 0 spiro atoms. The predicted octanol–water partition coefficient (Wildman–Crippen LogP) is 9.29. The molecule has 0 aromatic heterocycles. The maximum atomic E-state index is 2.43. The normalized spacial score (nSPS) is 16.2. The Balaban J connectivity index is 1.65. The van der Waals surface area contributed by atoms with Crippen LogP contribution in [0.4, 0.5) is 0 Å². The van der Waals surface area contributed by atoms with Crippen LogP contribution in [0, 0.1) is 6.92 Å². The summed E-state index contributed by atoms with van der Waals surface area (Å²) in [5, 5.41) is 0. The molecular weight excluding hydrogens is 444 g/mol. The van der Waals surface area contributed by atoms with Gasteiger partial charge in [-0.1, -0.05) is 145 Å². The molecule has 0 bridgehead atoms. The number of fused-ring (bicyclic) bond motifs is 4. The number of aryl methyl sites for hydroxylation is 1. The number of hydrogen-bond donors (Lipinski definition) is 0. The summed E-state index contributed by atoms with van der Waals surface area (Å²) in [6, 6.07) is 47.7. The molecule has 1 unspecified atom stereocenters. The van der Waals surface area contributed by atoms with E-state index in [0.29, 0.717) is 0 Å². The van der Waals surface area contributed by atoms with Gasteiger partial charge in [0, 0.05) is 17.3 Å². The van der Waals surface area contributed by atoms with Gasteiger partial charge in [-0.25, -0.2) is 0 Å². The molecule has 1 atom stereocenters. The molecule has 37 heavy (non-hydrogen) atoms. The van der Waals surface area contributed by atoms with Crippen molar-refractivity contribution in [2.45, 2.75) is 31.1 Å². The zero-order valence-corrected chi connectivity index (χ0v) is 21.4. The number of benzene rings is 5. The van der Waals surface area contributed by atoms with E-state index in [9.17, 15) is 0 Å². The lowest BCUT2D eigenvalue weighted by atomic mass is 9.54. The Labute approximate surface area is 220 Å². The van der Waals surface area contributed by atoms with E-state index in [0.717, 1.165) is 0 Å². The van der Waals surface area contributed by atoms with Crippen LogP contribution in [0.25, 0.3) is 17.2 Å². The van der Waals surface area contributed by atoms with Crippen molar-refractivity contribution >= 4 is 6.08 Å². The van der Waals surface area contributed by atoms with E-state index in [1.165, 1.54) is 55.6 Å². The van der Waals surface area contributed by atoms with E-state index < -0.39 is 0 Å². The summed E-state index contributed by atoms with van der Waals surface area (Å²) in [7, 11) is 0. The monoisotopic (exact) mass is 474 g/mol. The second-order valence-electron chi connectivity index (χ2n) is 10.7. The lowest BCUT2D eigenvalue weighted by Crippen LogP contribution is -2.41. The van der Waals surface area contributed by atoms with Crippen molar-refractivity contribution in [3.05, 3.63) is 172 Å². The molecule has 0 N–H and O–H groups in total. The van der Waals surface area contributed by atoms with Gasteiger partial charge < -0.3 is 0 Å². The van der Waals surface area contributed by atoms with Crippen LogP contribution in [0.2, 0.25) is 0 Å². The van der Waals surface area contributed by atoms with Crippen molar-refractivity contribution in [3.8, 4) is 11.1 Å². The van der Waals surface area contributed by atoms with Gasteiger partial charge >= 0.3 is 0 Å². The minimum atomic E-state index is -0.327. The Kier molecular flexibility index (Phi) is 5.04. The molecule has 2 aliphatic carbocycles. The van der Waals surface area contributed by atoms with Crippen LogP contribution in [0.3, 0.4) is 0 Å². The number of allylic oxidation sites excluding steroid dienone is 1. The summed E-state index contributed by atoms with van der Waals surface area (Å²) in [5.74, 6) is 0.377. The van der Waals surface area contributed by atoms with Gasteiger partial charge in [0.05, 0.1) is 0 Å². The molecule has 0 aliphatic heterocycles. The summed E-state index contributed by atoms with van der Waals surface area (Å²) in [5.41, 5.74) is 13.5. The molecule has 2 aliphatic rings. The summed E-state index contributed by atoms with van der Waals surface area (Å²) >= 11 is 0. The van der Waals surface area contributed by atoms with Gasteiger partial charge in [-0.2, -0.15) is 0 Å². The second kappa shape index (κ2) is 8.46. The summed E-state index contributed by atoms with van der Waals surface area (Å²) in [6.07, 6.45) is 2.43. The van der Waals surface area contributed by atoms with Crippen LogP contribution in [0.1, 0.15) is 57.7 Å². The lowest BCUT2D eigenvalue weighted by molar-refractivity contribution is 0.405. The van der Waals surface area contributed by atoms with Gasteiger partial charge in [0.15, 0.2) is 0 Å². The van der Waals surface area contributed by atoms with E-state index in [1.54, 1.807) is 0 Å². The van der Waals surface area contributed by atoms with E-state index in [2.05, 4.69) is 147 Å². The highest BCUT2D eigenvalue weighted by molar-refractivity contribution is 5.82. The highest BCUT2D eigenvalue weighted by atomic mass is 14.6. The third-order valence-electron chi connectivity index (χ3n) is 8.64. The van der Waals surface area contributed by atoms with Crippen molar-refractivity contribution < 1.29 is 0 Å². The Morgan fingerprint density at radius 3 is 1.57 bits per heavy atom. The highest BCUT2D eigenvalue weighted by Crippen LogP contribution is 2.64. The zero-order valence-electron chi connectivity index (χ0n) is 21.4. The van der Waals surface area contributed by atoms with Crippen molar-refractivity contribution in [2.75, 3.05) is 0 Å². The highest BCUT2D eigenvalue weighted by Gasteiger charge is 2.54. The largest absolute Gasteiger partial charge is 0.0639 e. The van der Waals surface area contributed by atoms with Gasteiger partial charge in [0.2, 0.25) is 0 Å². The average Bonchev–Trinajstić information content (AvgIpc) is 3.45. The molecule has 0 heteroatoms. The van der Waals surface area contributed by atoms with Gasteiger partial charge in [0.1, 0.15) is 0 Å². The van der Waals surface area contributed by atoms with Gasteiger partial charge in [-0.15, -0.1) is 0 Å². The third kappa shape index (κ3) is 3.15. The third-order valence-corrected chi connectivity index (χ3v) is 8.64. The van der Waals surface area contributed by atoms with Crippen molar-refractivity contribution in [3.63, 3.8) is 0 Å². The first-order valence-electron chi connectivity index (χ1n) is 13.3. The van der Waals surface area contributed by atoms with E-state index in [1.807, 2.05) is 0 Å². The van der Waals surface area contributed by atoms with Gasteiger partial charge in [-0.3, -0.25) is 0 Å². The molecule has 0 saturated carbocycles. The molecule has 0 nitrogen and oxygen atoms in total. The maximum absolute atomic E-state index is 2.43. The minimum Gasteiger partial charge on any atom is -0.0639 e. The standard InChI is InChI=1S/C37H30/c1-25-21-22-30-27(23-25)24-26(2)35(30)37(28-13-5-3-6-14-28,29-15-7-4-8-16-29)36-33-19-11-9-17-31(33)32-18-10-12-20-34(32)36/h3-24,35-36H,1-2H3. The Bertz CT molecular complexity index is 1550. The van der Waals surface area contributed by atoms with Crippen molar-refractivity contribution in [1.82, 2.24) is 0 Å². The van der Waals surface area contributed by atoms with E-state index >= 15 is 0 Å². The summed E-state index contributed by atoms with van der Waals surface area (Å²) in [6.45, 7) is 4.54. The molecule has 5 aromatic rings. The molecule has 0 fully saturated rings. The predicted molar refractivity (Wildman–Crippen MR) is 155 cm³/mol. The number of rotatable bonds is 4. The van der Waals surface area contributed by atoms with Crippen LogP contribution < -0.4 is 0 Å². The lowest BCUT2D eigenvalue weighted by Gasteiger charge is -2.47. The van der Waals surface area contributed by atoms with E-state index in [4.69, 9.17) is 0 Å². The summed E-state index contributed by atoms with van der Waals surface area (Å²) < 4.78 is 0. The molecule has 0 saturated heterocycles. The Morgan fingerprint density at radius 2 is 1.00 bits per heavy atom. The first-order valence-corrected chi connectivity index (χ1v) is 13.3. The van der Waals surface area contributed by atoms with Gasteiger partial charge in [0.25, 0.3) is 0 Å². The van der Waals surface area contributed by atoms with Crippen LogP contribution in [-0.2, 0) is 5.41 Å². The average molecular weight is 475 g/mol. The molecule has 0 heterocycles. The fraction of sp³-hybridized carbons (Fsp3) is 0.135. The fourth-order valence-corrected chi connectivity index (χ4v) is 7.33. The van der Waals surface area contributed by atoms with Crippen LogP contribution in [0.5, 0.6) is 0 Å². The molecule has 0 amide bonds. The minimum absolute atomic E-state index is 0.172. The molecule has 0 radical (unpaired) electrons. The quantitative estimate of drug-likeness (QED) is 0.243. The van der Waals surface area contributed by atoms with Crippen LogP contribution in [0.15, 0.2) is 133 Å². The first-order chi connectivity index (χ1) is 18.2. The Morgan fingerprint density at radius 1 is 0.486 bits per heavy atom. The molecule has 5 aromatic carbocycles. The SMILES string of the molecule is CC1=Cc2cc(C)ccc2C1C(c1ccccc1)(c1ccccc1)C1c2ccccc2-c2ccccc21. The first kappa shape index (κ1) is 22.1. The second-order valence-corrected chi connectivity index (χ2v) is 10.7. The van der Waals surface area contributed by atoms with Gasteiger partial charge in [-0.05, 0) is 58.4 Å². The number of hydrogen-bond acceptors (Lipinski definition) is 0. The van der Waals surface area contributed by atoms with E-state index in [-0.39, 0.29) is 17.3 Å². The smallest absolute Gasteiger partial charge is 0.0418 e. The van der Waals surface area contributed by atoms with Crippen LogP contribution >= 0.6 is 0 Å². The summed E-state index contributed by atoms with van der Waals surface area (Å²) in [4.78, 5) is 0. The Hall–Kier alpha value is -4.16. The van der Waals surface area contributed by atoms with Crippen molar-refractivity contribution in [2.24, 2.45) is 0 Å². The van der Waals surface area contributed by atoms with Crippen LogP contribution in [-0.4, -0.2) is 0 Å².